The summed E-state index contributed by atoms with van der Waals surface area (Å²) in [5.41, 5.74) is 19.0. The Morgan fingerprint density at radius 3 is 1.75 bits per heavy atom. The van der Waals surface area contributed by atoms with Crippen molar-refractivity contribution in [1.82, 2.24) is 9.55 Å². The smallest absolute Gasteiger partial charge is 0.135 e. The molecule has 0 fully saturated rings. The number of hydrogen-bond acceptors (Lipinski definition) is 5. The van der Waals surface area contributed by atoms with Gasteiger partial charge in [-0.2, -0.15) is 12.1 Å². The van der Waals surface area contributed by atoms with E-state index >= 15 is 0 Å². The summed E-state index contributed by atoms with van der Waals surface area (Å²) in [4.78, 5) is 12.1. The van der Waals surface area contributed by atoms with Crippen molar-refractivity contribution in [1.29, 1.82) is 0 Å². The third kappa shape index (κ3) is 5.83. The molecule has 6 heterocycles. The first-order chi connectivity index (χ1) is 32.1. The van der Waals surface area contributed by atoms with Gasteiger partial charge in [-0.1, -0.05) is 135 Å². The first kappa shape index (κ1) is 42.7. The quantitative estimate of drug-likeness (QED) is 0.161. The molecule has 0 saturated carbocycles. The molecule has 7 aromatic carbocycles. The maximum Gasteiger partial charge on any atom is 0.135 e. The average Bonchev–Trinajstić information content (AvgIpc) is 3.87. The number of pyridine rings is 1. The Labute approximate surface area is 414 Å². The van der Waals surface area contributed by atoms with Gasteiger partial charge in [0.25, 0.3) is 0 Å². The van der Waals surface area contributed by atoms with E-state index in [0.717, 1.165) is 50.4 Å². The molecule has 0 spiro atoms. The molecule has 0 radical (unpaired) electrons. The Kier molecular flexibility index (Phi) is 9.08. The summed E-state index contributed by atoms with van der Waals surface area (Å²) < 4.78 is 8.89. The summed E-state index contributed by atoms with van der Waals surface area (Å²) in [6, 6.07) is 57.9. The fourth-order valence-electron chi connectivity index (χ4n) is 11.8. The van der Waals surface area contributed by atoms with Gasteiger partial charge in [0.05, 0.1) is 17.1 Å². The number of nitrogens with zero attached hydrogens (tertiary/aromatic N) is 5. The van der Waals surface area contributed by atoms with Crippen LogP contribution in [0, 0.1) is 18.8 Å². The van der Waals surface area contributed by atoms with Crippen LogP contribution in [0.1, 0.15) is 101 Å². The standard InChI is InChI=1S/C61H52N5O.Pt/c1-58(2,3)37-29-30-62-54(31-37)65-50-24-11-10-19-42(50)43-28-27-41(35-53(43)65)67-40-18-14-17-38(32-40)63-36-64(52-26-13-12-25-51(52)63)39-33-48-57-49(34-39)61(8,9)47-23-16-21-45-56(47)66(57)55-44(59(45,4)5)20-15-22-46(55)60(48,6)7;/h10-31,33-34,36H,1-9H3;/q-3;. The number of fused-ring (bicyclic) bond motifs is 4. The Morgan fingerprint density at radius 1 is 0.544 bits per heavy atom. The molecule has 2 aromatic heterocycles. The zero-order valence-electron chi connectivity index (χ0n) is 39.9. The second kappa shape index (κ2) is 14.4. The van der Waals surface area contributed by atoms with Gasteiger partial charge in [0.1, 0.15) is 5.82 Å². The zero-order chi connectivity index (χ0) is 45.9. The van der Waals surface area contributed by atoms with E-state index in [1.165, 1.54) is 56.0 Å². The van der Waals surface area contributed by atoms with Crippen molar-refractivity contribution in [2.75, 3.05) is 14.7 Å². The molecule has 6 nitrogen and oxygen atoms in total. The third-order valence-corrected chi connectivity index (χ3v) is 15.4. The van der Waals surface area contributed by atoms with Crippen LogP contribution in [0.5, 0.6) is 11.5 Å². The molecule has 4 aliphatic rings. The molecule has 4 aliphatic heterocycles. The number of anilines is 7. The Morgan fingerprint density at radius 2 is 1.10 bits per heavy atom. The minimum atomic E-state index is -0.252. The fourth-order valence-corrected chi connectivity index (χ4v) is 11.8. The van der Waals surface area contributed by atoms with Crippen LogP contribution in [-0.2, 0) is 42.7 Å². The predicted octanol–water partition coefficient (Wildman–Crippen LogP) is 15.7. The second-order valence-corrected chi connectivity index (χ2v) is 21.4. The third-order valence-electron chi connectivity index (χ3n) is 15.4. The molecule has 0 N–H and O–H groups in total. The molecule has 0 unspecified atom stereocenters. The molecule has 0 aliphatic carbocycles. The second-order valence-electron chi connectivity index (χ2n) is 21.4. The van der Waals surface area contributed by atoms with Gasteiger partial charge in [-0.25, -0.2) is 4.98 Å². The van der Waals surface area contributed by atoms with Crippen molar-refractivity contribution in [3.8, 4) is 17.3 Å². The van der Waals surface area contributed by atoms with Gasteiger partial charge in [0, 0.05) is 77.6 Å². The van der Waals surface area contributed by atoms with Crippen LogP contribution in [0.2, 0.25) is 0 Å². The topological polar surface area (TPSA) is 36.8 Å². The normalized spacial score (nSPS) is 16.4. The molecule has 0 amide bonds. The number of para-hydroxylation sites is 5. The molecular formula is C61H52N5OPt-3. The minimum absolute atomic E-state index is 0. The summed E-state index contributed by atoms with van der Waals surface area (Å²) in [6.07, 6.45) is 1.91. The van der Waals surface area contributed by atoms with Crippen LogP contribution in [0.4, 0.5) is 39.8 Å². The van der Waals surface area contributed by atoms with Gasteiger partial charge in [0.15, 0.2) is 0 Å². The summed E-state index contributed by atoms with van der Waals surface area (Å²) in [6.45, 7) is 23.4. The van der Waals surface area contributed by atoms with Crippen LogP contribution in [-0.4, -0.2) is 9.55 Å². The molecule has 340 valence electrons. The van der Waals surface area contributed by atoms with Crippen molar-refractivity contribution in [2.24, 2.45) is 0 Å². The van der Waals surface area contributed by atoms with Gasteiger partial charge < -0.3 is 24.0 Å². The van der Waals surface area contributed by atoms with Crippen molar-refractivity contribution in [3.05, 3.63) is 203 Å². The van der Waals surface area contributed by atoms with E-state index in [9.17, 15) is 0 Å². The van der Waals surface area contributed by atoms with Crippen LogP contribution in [0.25, 0.3) is 27.6 Å². The van der Waals surface area contributed by atoms with Crippen molar-refractivity contribution in [2.45, 2.75) is 84.0 Å². The Hall–Kier alpha value is -6.62. The number of rotatable bonds is 5. The van der Waals surface area contributed by atoms with Crippen molar-refractivity contribution >= 4 is 61.6 Å². The first-order valence-corrected chi connectivity index (χ1v) is 23.5. The van der Waals surface area contributed by atoms with Crippen LogP contribution in [0.3, 0.4) is 0 Å². The maximum atomic E-state index is 6.68. The van der Waals surface area contributed by atoms with E-state index in [1.807, 2.05) is 24.4 Å². The van der Waals surface area contributed by atoms with Crippen LogP contribution < -0.4 is 19.4 Å². The number of ether oxygens (including phenoxy) is 1. The molecule has 13 rings (SSSR count). The minimum Gasteiger partial charge on any atom is -0.509 e. The largest absolute Gasteiger partial charge is 0.509 e. The molecule has 0 atom stereocenters. The molecule has 9 aromatic rings. The summed E-state index contributed by atoms with van der Waals surface area (Å²) in [5, 5.41) is 2.24. The molecular weight excluding hydrogens is 1010 g/mol. The van der Waals surface area contributed by atoms with E-state index in [4.69, 9.17) is 9.72 Å². The average molecular weight is 1070 g/mol. The van der Waals surface area contributed by atoms with Gasteiger partial charge >= 0.3 is 0 Å². The monoisotopic (exact) mass is 1070 g/mol. The van der Waals surface area contributed by atoms with Gasteiger partial charge in [0.2, 0.25) is 0 Å². The summed E-state index contributed by atoms with van der Waals surface area (Å²) >= 11 is 0. The Bertz CT molecular complexity index is 3500. The number of benzene rings is 7. The van der Waals surface area contributed by atoms with Gasteiger partial charge in [-0.3, -0.25) is 0 Å². The maximum absolute atomic E-state index is 6.68. The number of aromatic nitrogens is 2. The molecule has 0 bridgehead atoms. The molecule has 68 heavy (non-hydrogen) atoms. The SMILES string of the molecule is CC(C)(C)c1ccnc(-n2c3[c-]c(Oc4[c-]c(N5[CH-]N(c6cc7c8c(c6)C(C)(C)c6cccc9c6N8c6c(cccc6C7(C)C)C9(C)C)c6ccccc65)ccc4)ccc3c3ccccc32)c1.[Pt]. The zero-order valence-corrected chi connectivity index (χ0v) is 42.2. The molecule has 0 saturated heterocycles. The summed E-state index contributed by atoms with van der Waals surface area (Å²) in [5.74, 6) is 2.07. The molecule has 7 heteroatoms. The Balaban J connectivity index is 0.00000480. The summed E-state index contributed by atoms with van der Waals surface area (Å²) in [7, 11) is 0. The van der Waals surface area contributed by atoms with Crippen molar-refractivity contribution in [3.63, 3.8) is 0 Å². The first-order valence-electron chi connectivity index (χ1n) is 23.5. The van der Waals surface area contributed by atoms with E-state index in [1.54, 1.807) is 0 Å². The van der Waals surface area contributed by atoms with E-state index in [-0.39, 0.29) is 42.7 Å². The van der Waals surface area contributed by atoms with E-state index < -0.39 is 0 Å². The number of hydrogen-bond donors (Lipinski definition) is 0. The van der Waals surface area contributed by atoms with E-state index in [2.05, 4.69) is 222 Å². The van der Waals surface area contributed by atoms with Gasteiger partial charge in [-0.05, 0) is 92.2 Å². The van der Waals surface area contributed by atoms with Crippen LogP contribution in [0.15, 0.2) is 146 Å². The van der Waals surface area contributed by atoms with Gasteiger partial charge in [-0.15, -0.1) is 48.1 Å². The van der Waals surface area contributed by atoms with E-state index in [0.29, 0.717) is 11.5 Å². The predicted molar refractivity (Wildman–Crippen MR) is 274 cm³/mol. The van der Waals surface area contributed by atoms with Crippen molar-refractivity contribution < 1.29 is 25.8 Å². The fraction of sp³-hybridized carbons (Fsp3) is 0.213. The van der Waals surface area contributed by atoms with Crippen LogP contribution >= 0.6 is 0 Å².